The van der Waals surface area contributed by atoms with Crippen molar-refractivity contribution in [2.45, 2.75) is 19.7 Å². The van der Waals surface area contributed by atoms with Crippen LogP contribution in [-0.4, -0.2) is 11.5 Å². The molecule has 3 heteroatoms. The van der Waals surface area contributed by atoms with Crippen LogP contribution in [-0.2, 0) is 5.88 Å². The Morgan fingerprint density at radius 2 is 1.89 bits per heavy atom. The van der Waals surface area contributed by atoms with Crippen LogP contribution in [0.5, 0.6) is 0 Å². The number of rotatable bonds is 4. The molecule has 1 aromatic heterocycles. The highest BCUT2D eigenvalue weighted by molar-refractivity contribution is 6.17. The van der Waals surface area contributed by atoms with Gasteiger partial charge in [0, 0.05) is 35.9 Å². The molecule has 0 spiro atoms. The Bertz CT molecular complexity index is 508. The van der Waals surface area contributed by atoms with E-state index in [-0.39, 0.29) is 0 Å². The van der Waals surface area contributed by atoms with E-state index in [0.29, 0.717) is 5.88 Å². The minimum absolute atomic E-state index is 0.478. The lowest BCUT2D eigenvalue weighted by molar-refractivity contribution is 1.01. The molecule has 0 aliphatic rings. The molecule has 0 unspecified atom stereocenters. The summed E-state index contributed by atoms with van der Waals surface area (Å²) in [5.74, 6) is 0.478. The van der Waals surface area contributed by atoms with Gasteiger partial charge in [0.2, 0.25) is 0 Å². The van der Waals surface area contributed by atoms with Crippen molar-refractivity contribution in [3.63, 3.8) is 0 Å². The molecule has 0 fully saturated rings. The van der Waals surface area contributed by atoms with Crippen LogP contribution in [0, 0.1) is 6.92 Å². The smallest absolute Gasteiger partial charge is 0.0510 e. The normalized spacial score (nSPS) is 10.4. The number of pyridine rings is 1. The van der Waals surface area contributed by atoms with Crippen molar-refractivity contribution in [2.75, 3.05) is 11.4 Å². The summed E-state index contributed by atoms with van der Waals surface area (Å²) >= 11 is 5.98. The van der Waals surface area contributed by atoms with Crippen LogP contribution in [0.25, 0.3) is 0 Å². The molecule has 0 aliphatic heterocycles. The van der Waals surface area contributed by atoms with Crippen LogP contribution in [0.15, 0.2) is 42.7 Å². The predicted octanol–water partition coefficient (Wildman–Crippen LogP) is 4.29. The Hall–Kier alpha value is -1.54. The molecular weight excluding hydrogens is 244 g/mol. The molecule has 1 heterocycles. The topological polar surface area (TPSA) is 16.1 Å². The van der Waals surface area contributed by atoms with Crippen LogP contribution in [0.3, 0.4) is 0 Å². The largest absolute Gasteiger partial charge is 0.341 e. The monoisotopic (exact) mass is 260 g/mol. The first-order chi connectivity index (χ1) is 8.76. The fourth-order valence-corrected chi connectivity index (χ4v) is 2.21. The molecule has 0 bridgehead atoms. The molecular formula is C15H17ClN2. The van der Waals surface area contributed by atoms with E-state index in [1.807, 2.05) is 18.5 Å². The molecule has 0 radical (unpaired) electrons. The standard InChI is InChI=1S/C15H17ClN2/c1-3-18(14-6-4-12(2)5-7-14)15-8-9-17-11-13(15)10-16/h4-9,11H,3,10H2,1-2H3. The van der Waals surface area contributed by atoms with Crippen LogP contribution in [0.2, 0.25) is 0 Å². The minimum atomic E-state index is 0.478. The molecule has 0 saturated heterocycles. The van der Waals surface area contributed by atoms with Crippen molar-refractivity contribution in [1.82, 2.24) is 4.98 Å². The summed E-state index contributed by atoms with van der Waals surface area (Å²) in [6.07, 6.45) is 3.64. The Balaban J connectivity index is 2.41. The number of benzene rings is 1. The van der Waals surface area contributed by atoms with Gasteiger partial charge in [0.1, 0.15) is 0 Å². The molecule has 0 N–H and O–H groups in total. The number of hydrogen-bond donors (Lipinski definition) is 0. The maximum absolute atomic E-state index is 5.98. The van der Waals surface area contributed by atoms with Gasteiger partial charge < -0.3 is 4.90 Å². The van der Waals surface area contributed by atoms with Crippen molar-refractivity contribution in [2.24, 2.45) is 0 Å². The van der Waals surface area contributed by atoms with Gasteiger partial charge >= 0.3 is 0 Å². The molecule has 0 amide bonds. The molecule has 94 valence electrons. The first kappa shape index (κ1) is 12.9. The fraction of sp³-hybridized carbons (Fsp3) is 0.267. The highest BCUT2D eigenvalue weighted by atomic mass is 35.5. The molecule has 1 aromatic carbocycles. The molecule has 2 rings (SSSR count). The quantitative estimate of drug-likeness (QED) is 0.763. The van der Waals surface area contributed by atoms with E-state index in [4.69, 9.17) is 11.6 Å². The number of aromatic nitrogens is 1. The summed E-state index contributed by atoms with van der Waals surface area (Å²) in [5, 5.41) is 0. The van der Waals surface area contributed by atoms with Gasteiger partial charge in [-0.2, -0.15) is 0 Å². The number of aryl methyl sites for hydroxylation is 1. The van der Waals surface area contributed by atoms with Gasteiger partial charge in [0.15, 0.2) is 0 Å². The summed E-state index contributed by atoms with van der Waals surface area (Å²) < 4.78 is 0. The van der Waals surface area contributed by atoms with Crippen LogP contribution in [0.4, 0.5) is 11.4 Å². The van der Waals surface area contributed by atoms with Gasteiger partial charge in [0.05, 0.1) is 5.88 Å². The zero-order chi connectivity index (χ0) is 13.0. The van der Waals surface area contributed by atoms with Crippen molar-refractivity contribution in [3.8, 4) is 0 Å². The van der Waals surface area contributed by atoms with E-state index in [1.165, 1.54) is 11.3 Å². The van der Waals surface area contributed by atoms with Crippen molar-refractivity contribution >= 4 is 23.0 Å². The second-order valence-corrected chi connectivity index (χ2v) is 4.49. The zero-order valence-electron chi connectivity index (χ0n) is 10.7. The van der Waals surface area contributed by atoms with E-state index in [2.05, 4.69) is 48.0 Å². The average Bonchev–Trinajstić information content (AvgIpc) is 2.42. The van der Waals surface area contributed by atoms with Crippen LogP contribution >= 0.6 is 11.6 Å². The van der Waals surface area contributed by atoms with E-state index in [0.717, 1.165) is 17.8 Å². The number of anilines is 2. The molecule has 0 atom stereocenters. The minimum Gasteiger partial charge on any atom is -0.341 e. The van der Waals surface area contributed by atoms with Gasteiger partial charge in [-0.25, -0.2) is 0 Å². The molecule has 0 aliphatic carbocycles. The summed E-state index contributed by atoms with van der Waals surface area (Å²) in [4.78, 5) is 6.38. The Labute approximate surface area is 113 Å². The van der Waals surface area contributed by atoms with E-state index >= 15 is 0 Å². The highest BCUT2D eigenvalue weighted by Crippen LogP contribution is 2.28. The summed E-state index contributed by atoms with van der Waals surface area (Å²) in [5.41, 5.74) is 4.63. The lowest BCUT2D eigenvalue weighted by atomic mass is 10.1. The number of hydrogen-bond acceptors (Lipinski definition) is 2. The maximum Gasteiger partial charge on any atom is 0.0510 e. The fourth-order valence-electron chi connectivity index (χ4n) is 2.00. The zero-order valence-corrected chi connectivity index (χ0v) is 11.5. The van der Waals surface area contributed by atoms with E-state index in [1.54, 1.807) is 0 Å². The van der Waals surface area contributed by atoms with Crippen LogP contribution in [0.1, 0.15) is 18.1 Å². The van der Waals surface area contributed by atoms with Gasteiger partial charge in [-0.1, -0.05) is 17.7 Å². The van der Waals surface area contributed by atoms with Crippen molar-refractivity contribution < 1.29 is 0 Å². The maximum atomic E-state index is 5.98. The lowest BCUT2D eigenvalue weighted by Gasteiger charge is -2.25. The summed E-state index contributed by atoms with van der Waals surface area (Å²) in [7, 11) is 0. The first-order valence-electron chi connectivity index (χ1n) is 6.09. The van der Waals surface area contributed by atoms with Crippen molar-refractivity contribution in [3.05, 3.63) is 53.9 Å². The second-order valence-electron chi connectivity index (χ2n) is 4.22. The number of alkyl halides is 1. The lowest BCUT2D eigenvalue weighted by Crippen LogP contribution is -2.17. The Morgan fingerprint density at radius 1 is 1.17 bits per heavy atom. The summed E-state index contributed by atoms with van der Waals surface area (Å²) in [6.45, 7) is 5.13. The van der Waals surface area contributed by atoms with Gasteiger partial charge in [-0.15, -0.1) is 11.6 Å². The Kier molecular flexibility index (Phi) is 4.21. The van der Waals surface area contributed by atoms with E-state index in [9.17, 15) is 0 Å². The highest BCUT2D eigenvalue weighted by Gasteiger charge is 2.10. The molecule has 18 heavy (non-hydrogen) atoms. The van der Waals surface area contributed by atoms with Gasteiger partial charge in [-0.3, -0.25) is 4.98 Å². The third-order valence-electron chi connectivity index (χ3n) is 2.97. The average molecular weight is 261 g/mol. The Morgan fingerprint density at radius 3 is 2.50 bits per heavy atom. The first-order valence-corrected chi connectivity index (χ1v) is 6.62. The van der Waals surface area contributed by atoms with E-state index < -0.39 is 0 Å². The molecule has 2 nitrogen and oxygen atoms in total. The van der Waals surface area contributed by atoms with Crippen LogP contribution < -0.4 is 4.90 Å². The third-order valence-corrected chi connectivity index (χ3v) is 3.26. The molecule has 0 saturated carbocycles. The SMILES string of the molecule is CCN(c1ccc(C)cc1)c1ccncc1CCl. The number of halogens is 1. The number of nitrogens with zero attached hydrogens (tertiary/aromatic N) is 2. The molecule has 2 aromatic rings. The second kappa shape index (κ2) is 5.87. The van der Waals surface area contributed by atoms with Gasteiger partial charge in [0.25, 0.3) is 0 Å². The van der Waals surface area contributed by atoms with Crippen molar-refractivity contribution in [1.29, 1.82) is 0 Å². The predicted molar refractivity (Wildman–Crippen MR) is 77.7 cm³/mol. The third kappa shape index (κ3) is 2.65. The van der Waals surface area contributed by atoms with Gasteiger partial charge in [-0.05, 0) is 32.0 Å². The summed E-state index contributed by atoms with van der Waals surface area (Å²) in [6, 6.07) is 10.5.